The molecule has 6 nitrogen and oxygen atoms in total. The summed E-state index contributed by atoms with van der Waals surface area (Å²) in [7, 11) is 0. The van der Waals surface area contributed by atoms with Gasteiger partial charge < -0.3 is 10.0 Å². The monoisotopic (exact) mass is 353 g/mol. The van der Waals surface area contributed by atoms with Gasteiger partial charge in [-0.05, 0) is 38.6 Å². The van der Waals surface area contributed by atoms with Crippen LogP contribution in [-0.2, 0) is 22.6 Å². The number of carboxylic acid groups (broad SMARTS) is 1. The van der Waals surface area contributed by atoms with Crippen LogP contribution in [0.2, 0.25) is 0 Å². The van der Waals surface area contributed by atoms with E-state index in [9.17, 15) is 9.59 Å². The number of likely N-dealkylation sites (tertiary alicyclic amines) is 1. The maximum Gasteiger partial charge on any atom is 0.323 e. The van der Waals surface area contributed by atoms with Gasteiger partial charge in [-0.15, -0.1) is 11.3 Å². The third-order valence-electron chi connectivity index (χ3n) is 4.39. The van der Waals surface area contributed by atoms with Crippen molar-refractivity contribution in [3.63, 3.8) is 0 Å². The molecule has 1 aromatic rings. The first-order valence-electron chi connectivity index (χ1n) is 8.64. The highest BCUT2D eigenvalue weighted by molar-refractivity contribution is 7.09. The van der Waals surface area contributed by atoms with Gasteiger partial charge in [0.1, 0.15) is 6.54 Å². The van der Waals surface area contributed by atoms with Crippen molar-refractivity contribution < 1.29 is 14.7 Å². The standard InChI is InChI=1S/C17H27N3O3S/c1-3-5-16-18-14(12-24-16)10-19-8-4-6-15(7-9-19)20(13(2)21)11-17(22)23/h12,15H,3-11H2,1-2H3,(H,22,23)/t15-/m1/s1. The van der Waals surface area contributed by atoms with Crippen LogP contribution in [0.15, 0.2) is 5.38 Å². The second-order valence-corrected chi connectivity index (χ2v) is 7.33. The van der Waals surface area contributed by atoms with Crippen molar-refractivity contribution in [3.05, 3.63) is 16.1 Å². The number of thiazole rings is 1. The molecule has 2 rings (SSSR count). The van der Waals surface area contributed by atoms with E-state index in [4.69, 9.17) is 5.11 Å². The SMILES string of the molecule is CCCc1nc(CN2CCC[C@@H](N(CC(=O)O)C(C)=O)CC2)cs1. The van der Waals surface area contributed by atoms with E-state index in [1.807, 2.05) is 0 Å². The molecule has 1 aromatic heterocycles. The Morgan fingerprint density at radius 1 is 1.42 bits per heavy atom. The summed E-state index contributed by atoms with van der Waals surface area (Å²) in [5.74, 6) is -1.10. The van der Waals surface area contributed by atoms with Crippen LogP contribution in [0.4, 0.5) is 0 Å². The van der Waals surface area contributed by atoms with Crippen molar-refractivity contribution in [3.8, 4) is 0 Å². The predicted octanol–water partition coefficient (Wildman–Crippen LogP) is 2.38. The molecule has 0 saturated carbocycles. The molecular weight excluding hydrogens is 326 g/mol. The fraction of sp³-hybridized carbons (Fsp3) is 0.706. The Balaban J connectivity index is 1.91. The molecule has 0 spiro atoms. The molecular formula is C17H27N3O3S. The molecule has 1 N–H and O–H groups in total. The Bertz CT molecular complexity index is 561. The van der Waals surface area contributed by atoms with E-state index in [0.29, 0.717) is 0 Å². The van der Waals surface area contributed by atoms with Gasteiger partial charge in [0.05, 0.1) is 10.7 Å². The molecule has 24 heavy (non-hydrogen) atoms. The summed E-state index contributed by atoms with van der Waals surface area (Å²) < 4.78 is 0. The van der Waals surface area contributed by atoms with Gasteiger partial charge >= 0.3 is 5.97 Å². The van der Waals surface area contributed by atoms with Crippen molar-refractivity contribution in [2.24, 2.45) is 0 Å². The number of carbonyl (C=O) groups excluding carboxylic acids is 1. The van der Waals surface area contributed by atoms with Gasteiger partial charge in [-0.3, -0.25) is 14.5 Å². The minimum absolute atomic E-state index is 0.0229. The van der Waals surface area contributed by atoms with Gasteiger partial charge in [0, 0.05) is 31.4 Å². The third kappa shape index (κ3) is 5.56. The summed E-state index contributed by atoms with van der Waals surface area (Å²) in [6.45, 7) is 6.09. The number of amides is 1. The van der Waals surface area contributed by atoms with Crippen LogP contribution in [0.25, 0.3) is 0 Å². The number of aryl methyl sites for hydroxylation is 1. The van der Waals surface area contributed by atoms with Gasteiger partial charge in [-0.2, -0.15) is 0 Å². The van der Waals surface area contributed by atoms with Crippen LogP contribution in [0.3, 0.4) is 0 Å². The van der Waals surface area contributed by atoms with Crippen LogP contribution in [0, 0.1) is 0 Å². The number of aliphatic carboxylic acids is 1. The summed E-state index contributed by atoms with van der Waals surface area (Å²) in [5.41, 5.74) is 1.12. The molecule has 1 amide bonds. The highest BCUT2D eigenvalue weighted by atomic mass is 32.1. The lowest BCUT2D eigenvalue weighted by Crippen LogP contribution is -2.42. The first-order valence-corrected chi connectivity index (χ1v) is 9.52. The lowest BCUT2D eigenvalue weighted by molar-refractivity contribution is -0.145. The van der Waals surface area contributed by atoms with Crippen LogP contribution in [0.5, 0.6) is 0 Å². The van der Waals surface area contributed by atoms with Crippen LogP contribution >= 0.6 is 11.3 Å². The first-order chi connectivity index (χ1) is 11.5. The normalized spacial score (nSPS) is 19.0. The molecule has 0 unspecified atom stereocenters. The molecule has 1 aliphatic rings. The predicted molar refractivity (Wildman–Crippen MR) is 94.0 cm³/mol. The molecule has 0 bridgehead atoms. The molecule has 0 radical (unpaired) electrons. The third-order valence-corrected chi connectivity index (χ3v) is 5.35. The topological polar surface area (TPSA) is 73.7 Å². The summed E-state index contributed by atoms with van der Waals surface area (Å²) in [6.07, 6.45) is 4.80. The Morgan fingerprint density at radius 3 is 2.88 bits per heavy atom. The maximum atomic E-state index is 11.8. The van der Waals surface area contributed by atoms with Gasteiger partial charge in [0.2, 0.25) is 5.91 Å². The van der Waals surface area contributed by atoms with Gasteiger partial charge in [-0.1, -0.05) is 6.92 Å². The highest BCUT2D eigenvalue weighted by Gasteiger charge is 2.26. The maximum absolute atomic E-state index is 11.8. The minimum atomic E-state index is -0.947. The molecule has 1 atom stereocenters. The fourth-order valence-corrected chi connectivity index (χ4v) is 4.12. The molecule has 0 aliphatic carbocycles. The van der Waals surface area contributed by atoms with Crippen LogP contribution in [-0.4, -0.2) is 57.4 Å². The average Bonchev–Trinajstić information content (AvgIpc) is 2.82. The van der Waals surface area contributed by atoms with Crippen molar-refractivity contribution >= 4 is 23.2 Å². The molecule has 134 valence electrons. The van der Waals surface area contributed by atoms with Crippen molar-refractivity contribution in [2.75, 3.05) is 19.6 Å². The summed E-state index contributed by atoms with van der Waals surface area (Å²) >= 11 is 1.73. The number of hydrogen-bond donors (Lipinski definition) is 1. The van der Waals surface area contributed by atoms with Crippen LogP contribution < -0.4 is 0 Å². The number of aromatic nitrogens is 1. The smallest absolute Gasteiger partial charge is 0.323 e. The van der Waals surface area contributed by atoms with Gasteiger partial charge in [0.25, 0.3) is 0 Å². The number of carboxylic acids is 1. The quantitative estimate of drug-likeness (QED) is 0.815. The van der Waals surface area contributed by atoms with E-state index in [0.717, 1.165) is 57.4 Å². The number of hydrogen-bond acceptors (Lipinski definition) is 5. The molecule has 7 heteroatoms. The summed E-state index contributed by atoms with van der Waals surface area (Å²) in [4.78, 5) is 31.3. The molecule has 1 saturated heterocycles. The van der Waals surface area contributed by atoms with E-state index in [-0.39, 0.29) is 18.5 Å². The number of nitrogens with zero attached hydrogens (tertiary/aromatic N) is 3. The number of rotatable bonds is 7. The van der Waals surface area contributed by atoms with Crippen LogP contribution in [0.1, 0.15) is 50.2 Å². The zero-order chi connectivity index (χ0) is 17.5. The minimum Gasteiger partial charge on any atom is -0.480 e. The average molecular weight is 353 g/mol. The Hall–Kier alpha value is -1.47. The van der Waals surface area contributed by atoms with E-state index >= 15 is 0 Å². The van der Waals surface area contributed by atoms with Crippen molar-refractivity contribution in [1.82, 2.24) is 14.8 Å². The number of carbonyl (C=O) groups is 2. The zero-order valence-electron chi connectivity index (χ0n) is 14.5. The molecule has 0 aromatic carbocycles. The second-order valence-electron chi connectivity index (χ2n) is 6.38. The fourth-order valence-electron chi connectivity index (χ4n) is 3.23. The van der Waals surface area contributed by atoms with E-state index in [1.54, 1.807) is 11.3 Å². The van der Waals surface area contributed by atoms with Gasteiger partial charge in [-0.25, -0.2) is 4.98 Å². The summed E-state index contributed by atoms with van der Waals surface area (Å²) in [5, 5.41) is 12.4. The molecule has 1 aliphatic heterocycles. The Kier molecular flexibility index (Phi) is 7.17. The Labute approximate surface area is 147 Å². The lowest BCUT2D eigenvalue weighted by Gasteiger charge is -2.28. The zero-order valence-corrected chi connectivity index (χ0v) is 15.3. The lowest BCUT2D eigenvalue weighted by atomic mass is 10.1. The Morgan fingerprint density at radius 2 is 2.21 bits per heavy atom. The first kappa shape index (κ1) is 18.9. The van der Waals surface area contributed by atoms with E-state index in [2.05, 4.69) is 22.2 Å². The largest absolute Gasteiger partial charge is 0.480 e. The van der Waals surface area contributed by atoms with Gasteiger partial charge in [0.15, 0.2) is 0 Å². The molecule has 2 heterocycles. The van der Waals surface area contributed by atoms with E-state index < -0.39 is 5.97 Å². The summed E-state index contributed by atoms with van der Waals surface area (Å²) in [6, 6.07) is 0.0229. The van der Waals surface area contributed by atoms with Crippen molar-refractivity contribution in [2.45, 2.75) is 58.5 Å². The second kappa shape index (κ2) is 9.13. The van der Waals surface area contributed by atoms with Crippen molar-refractivity contribution in [1.29, 1.82) is 0 Å². The molecule has 1 fully saturated rings. The highest BCUT2D eigenvalue weighted by Crippen LogP contribution is 2.20. The van der Waals surface area contributed by atoms with E-state index in [1.165, 1.54) is 16.8 Å².